The second-order valence-electron chi connectivity index (χ2n) is 5.61. The first kappa shape index (κ1) is 15.2. The zero-order valence-corrected chi connectivity index (χ0v) is 13.1. The van der Waals surface area contributed by atoms with Gasteiger partial charge in [-0.2, -0.15) is 0 Å². The smallest absolute Gasteiger partial charge is 0.261 e. The fourth-order valence-electron chi connectivity index (χ4n) is 2.70. The molecule has 0 aliphatic carbocycles. The Balaban J connectivity index is 1.47. The lowest BCUT2D eigenvalue weighted by atomic mass is 10.1. The van der Waals surface area contributed by atoms with Crippen molar-refractivity contribution >= 4 is 17.6 Å². The third-order valence-electron chi connectivity index (χ3n) is 3.88. The molecule has 0 saturated carbocycles. The summed E-state index contributed by atoms with van der Waals surface area (Å²) in [6.07, 6.45) is 1.63. The SMILES string of the molecule is Cc1cccc(NCCCCN2C(=O)c3ccccc3C2=O)n1. The van der Waals surface area contributed by atoms with E-state index in [1.165, 1.54) is 4.90 Å². The van der Waals surface area contributed by atoms with E-state index in [-0.39, 0.29) is 11.8 Å². The molecule has 5 heteroatoms. The van der Waals surface area contributed by atoms with Crippen LogP contribution in [0.15, 0.2) is 42.5 Å². The number of aromatic nitrogens is 1. The molecule has 0 saturated heterocycles. The lowest BCUT2D eigenvalue weighted by molar-refractivity contribution is 0.0652. The molecule has 1 aliphatic heterocycles. The number of nitrogens with one attached hydrogen (secondary N) is 1. The van der Waals surface area contributed by atoms with Gasteiger partial charge in [-0.05, 0) is 44.0 Å². The molecule has 5 nitrogen and oxygen atoms in total. The third kappa shape index (κ3) is 3.23. The summed E-state index contributed by atoms with van der Waals surface area (Å²) in [5.74, 6) is 0.489. The minimum atomic E-state index is -0.182. The molecule has 1 N–H and O–H groups in total. The molecule has 0 fully saturated rings. The van der Waals surface area contributed by atoms with Crippen molar-refractivity contribution in [3.8, 4) is 0 Å². The predicted molar refractivity (Wildman–Crippen MR) is 88.5 cm³/mol. The Hall–Kier alpha value is -2.69. The normalized spacial score (nSPS) is 13.3. The lowest BCUT2D eigenvalue weighted by Crippen LogP contribution is -2.30. The minimum absolute atomic E-state index is 0.182. The Morgan fingerprint density at radius 2 is 1.65 bits per heavy atom. The van der Waals surface area contributed by atoms with Crippen molar-refractivity contribution < 1.29 is 9.59 Å². The van der Waals surface area contributed by atoms with E-state index < -0.39 is 0 Å². The quantitative estimate of drug-likeness (QED) is 0.658. The maximum atomic E-state index is 12.2. The standard InChI is InChI=1S/C18H19N3O2/c1-13-7-6-10-16(20-13)19-11-4-5-12-21-17(22)14-8-2-3-9-15(14)18(21)23/h2-3,6-10H,4-5,11-12H2,1H3,(H,19,20). The number of hydrogen-bond donors (Lipinski definition) is 1. The van der Waals surface area contributed by atoms with Crippen molar-refractivity contribution in [2.45, 2.75) is 19.8 Å². The molecule has 1 aromatic heterocycles. The van der Waals surface area contributed by atoms with Gasteiger partial charge in [0.2, 0.25) is 0 Å². The number of carbonyl (C=O) groups excluding carboxylic acids is 2. The number of amides is 2. The van der Waals surface area contributed by atoms with Gasteiger partial charge in [0.15, 0.2) is 0 Å². The molecule has 2 amide bonds. The van der Waals surface area contributed by atoms with Crippen LogP contribution in [0, 0.1) is 6.92 Å². The molecule has 3 rings (SSSR count). The van der Waals surface area contributed by atoms with Gasteiger partial charge in [0, 0.05) is 18.8 Å². The molecule has 118 valence electrons. The van der Waals surface area contributed by atoms with Crippen LogP contribution in [0.2, 0.25) is 0 Å². The number of anilines is 1. The molecular weight excluding hydrogens is 290 g/mol. The fourth-order valence-corrected chi connectivity index (χ4v) is 2.70. The minimum Gasteiger partial charge on any atom is -0.370 e. The van der Waals surface area contributed by atoms with Gasteiger partial charge < -0.3 is 5.32 Å². The molecule has 0 unspecified atom stereocenters. The summed E-state index contributed by atoms with van der Waals surface area (Å²) in [6.45, 7) is 3.17. The van der Waals surface area contributed by atoms with Crippen LogP contribution in [0.5, 0.6) is 0 Å². The number of fused-ring (bicyclic) bond motifs is 1. The molecule has 23 heavy (non-hydrogen) atoms. The lowest BCUT2D eigenvalue weighted by Gasteiger charge is -2.13. The largest absolute Gasteiger partial charge is 0.370 e. The van der Waals surface area contributed by atoms with Crippen LogP contribution in [0.1, 0.15) is 39.3 Å². The Labute approximate surface area is 135 Å². The van der Waals surface area contributed by atoms with E-state index >= 15 is 0 Å². The molecule has 2 heterocycles. The highest BCUT2D eigenvalue weighted by Crippen LogP contribution is 2.22. The molecule has 2 aromatic rings. The number of pyridine rings is 1. The van der Waals surface area contributed by atoms with Crippen LogP contribution < -0.4 is 5.32 Å². The number of carbonyl (C=O) groups is 2. The number of rotatable bonds is 6. The Kier molecular flexibility index (Phi) is 4.37. The van der Waals surface area contributed by atoms with Crippen LogP contribution in [-0.4, -0.2) is 34.8 Å². The average molecular weight is 309 g/mol. The molecule has 1 aromatic carbocycles. The van der Waals surface area contributed by atoms with E-state index in [1.807, 2.05) is 25.1 Å². The molecule has 0 bridgehead atoms. The number of nitrogens with zero attached hydrogens (tertiary/aromatic N) is 2. The van der Waals surface area contributed by atoms with Gasteiger partial charge in [-0.15, -0.1) is 0 Å². The third-order valence-corrected chi connectivity index (χ3v) is 3.88. The van der Waals surface area contributed by atoms with E-state index in [4.69, 9.17) is 0 Å². The van der Waals surface area contributed by atoms with Gasteiger partial charge in [-0.3, -0.25) is 14.5 Å². The topological polar surface area (TPSA) is 62.3 Å². The van der Waals surface area contributed by atoms with Gasteiger partial charge >= 0.3 is 0 Å². The van der Waals surface area contributed by atoms with E-state index in [1.54, 1.807) is 24.3 Å². The monoisotopic (exact) mass is 309 g/mol. The highest BCUT2D eigenvalue weighted by Gasteiger charge is 2.34. The second-order valence-corrected chi connectivity index (χ2v) is 5.61. The van der Waals surface area contributed by atoms with E-state index in [2.05, 4.69) is 10.3 Å². The number of hydrogen-bond acceptors (Lipinski definition) is 4. The number of unbranched alkanes of at least 4 members (excludes halogenated alkanes) is 1. The zero-order chi connectivity index (χ0) is 16.2. The van der Waals surface area contributed by atoms with Crippen molar-refractivity contribution in [1.29, 1.82) is 0 Å². The number of imide groups is 1. The van der Waals surface area contributed by atoms with E-state index in [0.29, 0.717) is 17.7 Å². The highest BCUT2D eigenvalue weighted by molar-refractivity contribution is 6.21. The second kappa shape index (κ2) is 6.60. The first-order valence-electron chi connectivity index (χ1n) is 7.79. The molecular formula is C18H19N3O2. The first-order valence-corrected chi connectivity index (χ1v) is 7.79. The first-order chi connectivity index (χ1) is 11.2. The van der Waals surface area contributed by atoms with E-state index in [9.17, 15) is 9.59 Å². The van der Waals surface area contributed by atoms with Gasteiger partial charge in [0.1, 0.15) is 5.82 Å². The highest BCUT2D eigenvalue weighted by atomic mass is 16.2. The summed E-state index contributed by atoms with van der Waals surface area (Å²) in [5, 5.41) is 3.25. The van der Waals surface area contributed by atoms with Gasteiger partial charge in [0.25, 0.3) is 11.8 Å². The molecule has 0 atom stereocenters. The Bertz CT molecular complexity index is 708. The van der Waals surface area contributed by atoms with E-state index in [0.717, 1.165) is 30.9 Å². The Morgan fingerprint density at radius 1 is 0.957 bits per heavy atom. The average Bonchev–Trinajstić information content (AvgIpc) is 2.80. The number of benzene rings is 1. The summed E-state index contributed by atoms with van der Waals surface area (Å²) >= 11 is 0. The fraction of sp³-hybridized carbons (Fsp3) is 0.278. The zero-order valence-electron chi connectivity index (χ0n) is 13.1. The van der Waals surface area contributed by atoms with Crippen molar-refractivity contribution in [2.24, 2.45) is 0 Å². The van der Waals surface area contributed by atoms with Crippen molar-refractivity contribution in [3.63, 3.8) is 0 Å². The summed E-state index contributed by atoms with van der Waals surface area (Å²) in [6, 6.07) is 12.8. The molecule has 0 radical (unpaired) electrons. The van der Waals surface area contributed by atoms with Crippen LogP contribution in [-0.2, 0) is 0 Å². The number of aryl methyl sites for hydroxylation is 1. The van der Waals surface area contributed by atoms with Crippen LogP contribution >= 0.6 is 0 Å². The summed E-state index contributed by atoms with van der Waals surface area (Å²) in [7, 11) is 0. The maximum absolute atomic E-state index is 12.2. The van der Waals surface area contributed by atoms with Gasteiger partial charge in [-0.25, -0.2) is 4.98 Å². The molecule has 1 aliphatic rings. The van der Waals surface area contributed by atoms with Crippen molar-refractivity contribution in [2.75, 3.05) is 18.4 Å². The van der Waals surface area contributed by atoms with Crippen LogP contribution in [0.3, 0.4) is 0 Å². The van der Waals surface area contributed by atoms with Crippen molar-refractivity contribution in [3.05, 3.63) is 59.3 Å². The predicted octanol–water partition coefficient (Wildman–Crippen LogP) is 2.88. The summed E-state index contributed by atoms with van der Waals surface area (Å²) < 4.78 is 0. The Morgan fingerprint density at radius 3 is 2.30 bits per heavy atom. The van der Waals surface area contributed by atoms with Gasteiger partial charge in [0.05, 0.1) is 11.1 Å². The van der Waals surface area contributed by atoms with Crippen LogP contribution in [0.4, 0.5) is 5.82 Å². The van der Waals surface area contributed by atoms with Crippen LogP contribution in [0.25, 0.3) is 0 Å². The maximum Gasteiger partial charge on any atom is 0.261 e. The summed E-state index contributed by atoms with van der Waals surface area (Å²) in [5.41, 5.74) is 2.00. The summed E-state index contributed by atoms with van der Waals surface area (Å²) in [4.78, 5) is 30.1. The molecule has 0 spiro atoms. The van der Waals surface area contributed by atoms with Gasteiger partial charge in [-0.1, -0.05) is 18.2 Å². The van der Waals surface area contributed by atoms with Crippen molar-refractivity contribution in [1.82, 2.24) is 9.88 Å².